The maximum atomic E-state index is 13.2. The molecule has 33 heavy (non-hydrogen) atoms. The summed E-state index contributed by atoms with van der Waals surface area (Å²) in [7, 11) is 0. The van der Waals surface area contributed by atoms with E-state index in [0.717, 1.165) is 61.5 Å². The fraction of sp³-hybridized carbons (Fsp3) is 0.370. The second-order valence-corrected chi connectivity index (χ2v) is 8.76. The highest BCUT2D eigenvalue weighted by Gasteiger charge is 2.29. The van der Waals surface area contributed by atoms with Crippen LogP contribution in [0.2, 0.25) is 5.02 Å². The van der Waals surface area contributed by atoms with Gasteiger partial charge in [-0.1, -0.05) is 23.7 Å². The van der Waals surface area contributed by atoms with E-state index in [9.17, 15) is 4.79 Å². The maximum Gasteiger partial charge on any atom is 0.253 e. The zero-order valence-electron chi connectivity index (χ0n) is 19.4. The lowest BCUT2D eigenvalue weighted by Crippen LogP contribution is -2.36. The van der Waals surface area contributed by atoms with Crippen LogP contribution in [0.25, 0.3) is 6.08 Å². The molecule has 0 unspecified atom stereocenters. The number of morpholine rings is 1. The molecule has 1 aliphatic carbocycles. The topological polar surface area (TPSA) is 44.8 Å². The molecular formula is C27H32ClN3O2. The minimum Gasteiger partial charge on any atom is -0.378 e. The van der Waals surface area contributed by atoms with Crippen LogP contribution in [0.4, 0.5) is 11.4 Å². The van der Waals surface area contributed by atoms with E-state index >= 15 is 0 Å². The smallest absolute Gasteiger partial charge is 0.253 e. The van der Waals surface area contributed by atoms with E-state index in [1.165, 1.54) is 11.3 Å². The van der Waals surface area contributed by atoms with E-state index in [-0.39, 0.29) is 5.91 Å². The van der Waals surface area contributed by atoms with Crippen molar-refractivity contribution >= 4 is 35.0 Å². The van der Waals surface area contributed by atoms with E-state index in [4.69, 9.17) is 16.3 Å². The fourth-order valence-electron chi connectivity index (χ4n) is 4.54. The first-order valence-electron chi connectivity index (χ1n) is 11.8. The molecule has 5 nitrogen and oxygen atoms in total. The summed E-state index contributed by atoms with van der Waals surface area (Å²) in [6, 6.07) is 15.9. The SMILES string of the molecule is CCN(CC)c1ccc(C=C2CCC(C(=O)Nc3ccc(Cl)cc3)=C2N2CCOCC2)cc1. The van der Waals surface area contributed by atoms with Gasteiger partial charge in [0, 0.05) is 53.8 Å². The van der Waals surface area contributed by atoms with Crippen LogP contribution in [0.1, 0.15) is 32.3 Å². The van der Waals surface area contributed by atoms with Crippen molar-refractivity contribution in [1.82, 2.24) is 4.90 Å². The van der Waals surface area contributed by atoms with Crippen LogP contribution in [0.3, 0.4) is 0 Å². The van der Waals surface area contributed by atoms with Crippen molar-refractivity contribution in [2.45, 2.75) is 26.7 Å². The minimum atomic E-state index is -0.0425. The quantitative estimate of drug-likeness (QED) is 0.579. The summed E-state index contributed by atoms with van der Waals surface area (Å²) in [5, 5.41) is 3.70. The number of halogens is 1. The Morgan fingerprint density at radius 2 is 1.70 bits per heavy atom. The van der Waals surface area contributed by atoms with Crippen LogP contribution in [0.5, 0.6) is 0 Å². The number of rotatable bonds is 7. The molecule has 2 aromatic carbocycles. The van der Waals surface area contributed by atoms with Crippen molar-refractivity contribution in [2.75, 3.05) is 49.6 Å². The van der Waals surface area contributed by atoms with Gasteiger partial charge in [-0.3, -0.25) is 4.79 Å². The third kappa shape index (κ3) is 5.60. The lowest BCUT2D eigenvalue weighted by Gasteiger charge is -2.31. The number of carbonyl (C=O) groups excluding carboxylic acids is 1. The molecule has 0 saturated carbocycles. The van der Waals surface area contributed by atoms with Crippen LogP contribution in [0, 0.1) is 0 Å². The molecular weight excluding hydrogens is 434 g/mol. The number of nitrogens with one attached hydrogen (secondary N) is 1. The van der Waals surface area contributed by atoms with Gasteiger partial charge in [0.05, 0.1) is 13.2 Å². The maximum absolute atomic E-state index is 13.2. The molecule has 2 aliphatic rings. The van der Waals surface area contributed by atoms with Crippen LogP contribution in [-0.2, 0) is 9.53 Å². The lowest BCUT2D eigenvalue weighted by atomic mass is 10.1. The van der Waals surface area contributed by atoms with Gasteiger partial charge < -0.3 is 19.9 Å². The molecule has 0 bridgehead atoms. The zero-order chi connectivity index (χ0) is 23.2. The Kier molecular flexibility index (Phi) is 7.73. The second-order valence-electron chi connectivity index (χ2n) is 8.32. The molecule has 174 valence electrons. The summed E-state index contributed by atoms with van der Waals surface area (Å²) in [5.74, 6) is -0.0425. The average Bonchev–Trinajstić information content (AvgIpc) is 3.26. The Labute approximate surface area is 201 Å². The molecule has 1 amide bonds. The second kappa shape index (κ2) is 10.9. The van der Waals surface area contributed by atoms with Crippen LogP contribution in [-0.4, -0.2) is 50.2 Å². The number of benzene rings is 2. The first kappa shape index (κ1) is 23.4. The summed E-state index contributed by atoms with van der Waals surface area (Å²) >= 11 is 5.99. The van der Waals surface area contributed by atoms with E-state index < -0.39 is 0 Å². The lowest BCUT2D eigenvalue weighted by molar-refractivity contribution is -0.113. The summed E-state index contributed by atoms with van der Waals surface area (Å²) in [6.45, 7) is 9.29. The number of anilines is 2. The van der Waals surface area contributed by atoms with E-state index in [1.54, 1.807) is 12.1 Å². The number of hydrogen-bond acceptors (Lipinski definition) is 4. The highest BCUT2D eigenvalue weighted by Crippen LogP contribution is 2.36. The van der Waals surface area contributed by atoms with Crippen molar-refractivity contribution in [1.29, 1.82) is 0 Å². The van der Waals surface area contributed by atoms with Crippen molar-refractivity contribution in [2.24, 2.45) is 0 Å². The standard InChI is InChI=1S/C27H32ClN3O2/c1-3-30(4-2)24-12-5-20(6-13-24)19-21-7-14-25(26(21)31-15-17-33-18-16-31)27(32)29-23-10-8-22(28)9-11-23/h5-6,8-13,19H,3-4,7,14-18H2,1-2H3,(H,29,32). The van der Waals surface area contributed by atoms with Crippen molar-refractivity contribution in [3.8, 4) is 0 Å². The average molecular weight is 466 g/mol. The summed E-state index contributed by atoms with van der Waals surface area (Å²) in [6.07, 6.45) is 3.82. The molecule has 0 atom stereocenters. The monoisotopic (exact) mass is 465 g/mol. The molecule has 1 heterocycles. The number of carbonyl (C=O) groups is 1. The Bertz CT molecular complexity index is 1020. The third-order valence-electron chi connectivity index (χ3n) is 6.30. The summed E-state index contributed by atoms with van der Waals surface area (Å²) in [4.78, 5) is 17.9. The number of allylic oxidation sites excluding steroid dienone is 1. The first-order chi connectivity index (χ1) is 16.1. The van der Waals surface area contributed by atoms with E-state index in [1.807, 2.05) is 12.1 Å². The number of nitrogens with zero attached hydrogens (tertiary/aromatic N) is 2. The van der Waals surface area contributed by atoms with Gasteiger partial charge in [0.25, 0.3) is 5.91 Å². The Hall–Kier alpha value is -2.76. The van der Waals surface area contributed by atoms with Gasteiger partial charge in [0.1, 0.15) is 0 Å². The molecule has 0 radical (unpaired) electrons. The van der Waals surface area contributed by atoms with Gasteiger partial charge in [-0.2, -0.15) is 0 Å². The van der Waals surface area contributed by atoms with Crippen molar-refractivity contribution in [3.05, 3.63) is 76.0 Å². The Morgan fingerprint density at radius 3 is 2.33 bits per heavy atom. The number of hydrogen-bond donors (Lipinski definition) is 1. The fourth-order valence-corrected chi connectivity index (χ4v) is 4.67. The van der Waals surface area contributed by atoms with E-state index in [0.29, 0.717) is 18.2 Å². The molecule has 2 aromatic rings. The van der Waals surface area contributed by atoms with Crippen LogP contribution >= 0.6 is 11.6 Å². The highest BCUT2D eigenvalue weighted by molar-refractivity contribution is 6.30. The van der Waals surface area contributed by atoms with Gasteiger partial charge in [0.15, 0.2) is 0 Å². The van der Waals surface area contributed by atoms with E-state index in [2.05, 4.69) is 59.3 Å². The van der Waals surface area contributed by atoms with Gasteiger partial charge in [-0.15, -0.1) is 0 Å². The Balaban J connectivity index is 1.62. The highest BCUT2D eigenvalue weighted by atomic mass is 35.5. The molecule has 4 rings (SSSR count). The normalized spacial score (nSPS) is 17.5. The number of amides is 1. The molecule has 0 aromatic heterocycles. The molecule has 0 spiro atoms. The minimum absolute atomic E-state index is 0.0425. The summed E-state index contributed by atoms with van der Waals surface area (Å²) < 4.78 is 5.57. The van der Waals surface area contributed by atoms with Crippen LogP contribution < -0.4 is 10.2 Å². The molecule has 6 heteroatoms. The van der Waals surface area contributed by atoms with Gasteiger partial charge >= 0.3 is 0 Å². The Morgan fingerprint density at radius 1 is 1.03 bits per heavy atom. The molecule has 1 N–H and O–H groups in total. The van der Waals surface area contributed by atoms with Gasteiger partial charge in [0.2, 0.25) is 0 Å². The first-order valence-corrected chi connectivity index (χ1v) is 12.2. The van der Waals surface area contributed by atoms with Gasteiger partial charge in [-0.05, 0) is 80.3 Å². The number of ether oxygens (including phenoxy) is 1. The predicted molar refractivity (Wildman–Crippen MR) is 137 cm³/mol. The molecule has 1 aliphatic heterocycles. The third-order valence-corrected chi connectivity index (χ3v) is 6.55. The van der Waals surface area contributed by atoms with Crippen LogP contribution in [0.15, 0.2) is 65.4 Å². The van der Waals surface area contributed by atoms with Gasteiger partial charge in [-0.25, -0.2) is 0 Å². The molecule has 1 saturated heterocycles. The van der Waals surface area contributed by atoms with Crippen molar-refractivity contribution < 1.29 is 9.53 Å². The van der Waals surface area contributed by atoms with Crippen molar-refractivity contribution in [3.63, 3.8) is 0 Å². The summed E-state index contributed by atoms with van der Waals surface area (Å²) in [5.41, 5.74) is 6.28. The predicted octanol–water partition coefficient (Wildman–Crippen LogP) is 5.59. The zero-order valence-corrected chi connectivity index (χ0v) is 20.2. The largest absolute Gasteiger partial charge is 0.378 e. The molecule has 1 fully saturated rings.